The van der Waals surface area contributed by atoms with Crippen LogP contribution < -0.4 is 5.32 Å². The van der Waals surface area contributed by atoms with Crippen molar-refractivity contribution < 1.29 is 0 Å². The summed E-state index contributed by atoms with van der Waals surface area (Å²) in [6, 6.07) is 4.08. The van der Waals surface area contributed by atoms with Crippen LogP contribution in [0, 0.1) is 6.92 Å². The Morgan fingerprint density at radius 3 is 3.00 bits per heavy atom. The van der Waals surface area contributed by atoms with Gasteiger partial charge in [0.1, 0.15) is 0 Å². The number of nitrogens with zero attached hydrogens (tertiary/aromatic N) is 1. The fourth-order valence-corrected chi connectivity index (χ4v) is 1.05. The Labute approximate surface area is 73.3 Å². The van der Waals surface area contributed by atoms with E-state index in [0.29, 0.717) is 0 Å². The molecule has 1 aromatic heterocycles. The molecule has 12 heavy (non-hydrogen) atoms. The Balaban J connectivity index is 2.69. The summed E-state index contributed by atoms with van der Waals surface area (Å²) in [6.45, 7) is 5.86. The molecule has 0 saturated heterocycles. The Kier molecular flexibility index (Phi) is 2.86. The van der Waals surface area contributed by atoms with Crippen LogP contribution in [0.1, 0.15) is 11.3 Å². The van der Waals surface area contributed by atoms with Crippen molar-refractivity contribution in [3.8, 4) is 0 Å². The monoisotopic (exact) mass is 162 g/mol. The Morgan fingerprint density at radius 1 is 1.67 bits per heavy atom. The minimum Gasteiger partial charge on any atom is -0.392 e. The molecule has 0 bridgehead atoms. The minimum absolute atomic E-state index is 0.875. The number of likely N-dealkylation sites (N-methyl/N-ethyl adjacent to an activating group) is 1. The van der Waals surface area contributed by atoms with Gasteiger partial charge in [-0.3, -0.25) is 4.98 Å². The molecule has 0 spiro atoms. The fraction of sp³-hybridized carbons (Fsp3) is 0.300. The van der Waals surface area contributed by atoms with Crippen molar-refractivity contribution >= 4 is 0 Å². The van der Waals surface area contributed by atoms with E-state index >= 15 is 0 Å². The van der Waals surface area contributed by atoms with Gasteiger partial charge < -0.3 is 5.32 Å². The van der Waals surface area contributed by atoms with E-state index in [0.717, 1.165) is 17.8 Å². The first kappa shape index (κ1) is 8.78. The van der Waals surface area contributed by atoms with Crippen LogP contribution in [0.15, 0.2) is 30.6 Å². The summed E-state index contributed by atoms with van der Waals surface area (Å²) in [5, 5.41) is 3.02. The predicted molar refractivity (Wildman–Crippen MR) is 50.9 cm³/mol. The molecule has 0 radical (unpaired) electrons. The summed E-state index contributed by atoms with van der Waals surface area (Å²) in [5.74, 6) is 0. The van der Waals surface area contributed by atoms with Crippen LogP contribution in [0.4, 0.5) is 0 Å². The SMILES string of the molecule is C=C(Cc1ccnc(C)c1)NC. The zero-order valence-electron chi connectivity index (χ0n) is 7.59. The fourth-order valence-electron chi connectivity index (χ4n) is 1.05. The third-order valence-electron chi connectivity index (χ3n) is 1.73. The largest absolute Gasteiger partial charge is 0.392 e. The summed E-state index contributed by atoms with van der Waals surface area (Å²) in [6.07, 6.45) is 2.70. The molecule has 2 heteroatoms. The van der Waals surface area contributed by atoms with E-state index in [2.05, 4.69) is 22.9 Å². The van der Waals surface area contributed by atoms with Crippen LogP contribution in [-0.2, 0) is 6.42 Å². The molecule has 1 heterocycles. The average molecular weight is 162 g/mol. The molecular weight excluding hydrogens is 148 g/mol. The van der Waals surface area contributed by atoms with E-state index in [4.69, 9.17) is 0 Å². The first-order valence-electron chi connectivity index (χ1n) is 3.99. The summed E-state index contributed by atoms with van der Waals surface area (Å²) >= 11 is 0. The second-order valence-electron chi connectivity index (χ2n) is 2.84. The van der Waals surface area contributed by atoms with Crippen LogP contribution in [-0.4, -0.2) is 12.0 Å². The molecule has 0 aliphatic carbocycles. The van der Waals surface area contributed by atoms with E-state index in [1.165, 1.54) is 5.56 Å². The van der Waals surface area contributed by atoms with E-state index in [1.807, 2.05) is 26.2 Å². The van der Waals surface area contributed by atoms with Gasteiger partial charge >= 0.3 is 0 Å². The lowest BCUT2D eigenvalue weighted by atomic mass is 10.1. The highest BCUT2D eigenvalue weighted by Crippen LogP contribution is 2.04. The first-order valence-corrected chi connectivity index (χ1v) is 3.99. The predicted octanol–water partition coefficient (Wildman–Crippen LogP) is 1.67. The number of aryl methyl sites for hydroxylation is 1. The highest BCUT2D eigenvalue weighted by Gasteiger charge is 1.95. The molecule has 0 aliphatic heterocycles. The summed E-state index contributed by atoms with van der Waals surface area (Å²) < 4.78 is 0. The first-order chi connectivity index (χ1) is 5.72. The topological polar surface area (TPSA) is 24.9 Å². The maximum atomic E-state index is 4.12. The normalized spacial score (nSPS) is 9.50. The second-order valence-corrected chi connectivity index (χ2v) is 2.84. The van der Waals surface area contributed by atoms with E-state index < -0.39 is 0 Å². The van der Waals surface area contributed by atoms with Crippen LogP contribution in [0.2, 0.25) is 0 Å². The third-order valence-corrected chi connectivity index (χ3v) is 1.73. The van der Waals surface area contributed by atoms with E-state index in [-0.39, 0.29) is 0 Å². The van der Waals surface area contributed by atoms with Gasteiger partial charge in [-0.25, -0.2) is 0 Å². The highest BCUT2D eigenvalue weighted by atomic mass is 14.8. The lowest BCUT2D eigenvalue weighted by Crippen LogP contribution is -2.06. The van der Waals surface area contributed by atoms with Crippen LogP contribution >= 0.6 is 0 Å². The van der Waals surface area contributed by atoms with Gasteiger partial charge in [0.15, 0.2) is 0 Å². The quantitative estimate of drug-likeness (QED) is 0.731. The number of aromatic nitrogens is 1. The van der Waals surface area contributed by atoms with Crippen molar-refractivity contribution in [1.82, 2.24) is 10.3 Å². The van der Waals surface area contributed by atoms with Gasteiger partial charge in [0.05, 0.1) is 0 Å². The van der Waals surface area contributed by atoms with Gasteiger partial charge in [0.25, 0.3) is 0 Å². The Bertz CT molecular complexity index is 279. The zero-order chi connectivity index (χ0) is 8.97. The standard InChI is InChI=1S/C10H14N2/c1-8(11-3)6-10-4-5-12-9(2)7-10/h4-5,7,11H,1,6H2,2-3H3. The maximum absolute atomic E-state index is 4.12. The van der Waals surface area contributed by atoms with Gasteiger partial charge in [-0.15, -0.1) is 0 Å². The average Bonchev–Trinajstić information content (AvgIpc) is 2.04. The Hall–Kier alpha value is -1.31. The molecule has 1 rings (SSSR count). The van der Waals surface area contributed by atoms with Gasteiger partial charge in [0, 0.05) is 31.1 Å². The molecule has 0 atom stereocenters. The zero-order valence-corrected chi connectivity index (χ0v) is 7.59. The molecule has 0 fully saturated rings. The van der Waals surface area contributed by atoms with Crippen molar-refractivity contribution in [3.63, 3.8) is 0 Å². The number of hydrogen-bond acceptors (Lipinski definition) is 2. The minimum atomic E-state index is 0.875. The molecule has 1 N–H and O–H groups in total. The molecule has 0 amide bonds. The molecule has 0 aliphatic rings. The van der Waals surface area contributed by atoms with Crippen molar-refractivity contribution in [3.05, 3.63) is 41.9 Å². The maximum Gasteiger partial charge on any atom is 0.0375 e. The molecule has 0 saturated carbocycles. The molecule has 1 aromatic rings. The highest BCUT2D eigenvalue weighted by molar-refractivity contribution is 5.20. The molecular formula is C10H14N2. The van der Waals surface area contributed by atoms with Crippen LogP contribution in [0.25, 0.3) is 0 Å². The lowest BCUT2D eigenvalue weighted by molar-refractivity contribution is 0.924. The molecule has 64 valence electrons. The lowest BCUT2D eigenvalue weighted by Gasteiger charge is -2.04. The summed E-state index contributed by atoms with van der Waals surface area (Å²) in [4.78, 5) is 4.12. The number of hydrogen-bond donors (Lipinski definition) is 1. The molecule has 2 nitrogen and oxygen atoms in total. The smallest absolute Gasteiger partial charge is 0.0375 e. The Morgan fingerprint density at radius 2 is 2.42 bits per heavy atom. The van der Waals surface area contributed by atoms with Crippen molar-refractivity contribution in [2.45, 2.75) is 13.3 Å². The van der Waals surface area contributed by atoms with Crippen molar-refractivity contribution in [2.24, 2.45) is 0 Å². The van der Waals surface area contributed by atoms with Gasteiger partial charge in [0.2, 0.25) is 0 Å². The van der Waals surface area contributed by atoms with E-state index in [1.54, 1.807) is 0 Å². The number of pyridine rings is 1. The summed E-state index contributed by atoms with van der Waals surface area (Å²) in [5.41, 5.74) is 3.33. The van der Waals surface area contributed by atoms with Gasteiger partial charge in [-0.2, -0.15) is 0 Å². The molecule has 0 unspecified atom stereocenters. The van der Waals surface area contributed by atoms with Crippen molar-refractivity contribution in [2.75, 3.05) is 7.05 Å². The number of rotatable bonds is 3. The van der Waals surface area contributed by atoms with Crippen LogP contribution in [0.5, 0.6) is 0 Å². The van der Waals surface area contributed by atoms with Crippen molar-refractivity contribution in [1.29, 1.82) is 0 Å². The van der Waals surface area contributed by atoms with Gasteiger partial charge in [-0.1, -0.05) is 6.58 Å². The number of allylic oxidation sites excluding steroid dienone is 1. The summed E-state index contributed by atoms with van der Waals surface area (Å²) in [7, 11) is 1.89. The van der Waals surface area contributed by atoms with Gasteiger partial charge in [-0.05, 0) is 24.6 Å². The second kappa shape index (κ2) is 3.90. The van der Waals surface area contributed by atoms with Crippen LogP contribution in [0.3, 0.4) is 0 Å². The molecule has 0 aromatic carbocycles. The third kappa shape index (κ3) is 2.38. The number of nitrogens with one attached hydrogen (secondary N) is 1. The van der Waals surface area contributed by atoms with E-state index in [9.17, 15) is 0 Å².